The Bertz CT molecular complexity index is 1270. The van der Waals surface area contributed by atoms with Crippen molar-refractivity contribution in [2.45, 2.75) is 53.0 Å². The van der Waals surface area contributed by atoms with Gasteiger partial charge >= 0.3 is 5.69 Å². The first kappa shape index (κ1) is 28.8. The van der Waals surface area contributed by atoms with Crippen molar-refractivity contribution >= 4 is 23.3 Å². The summed E-state index contributed by atoms with van der Waals surface area (Å²) in [4.78, 5) is 57.2. The summed E-state index contributed by atoms with van der Waals surface area (Å²) in [6.45, 7) is 7.07. The number of ether oxygens (including phenoxy) is 2. The van der Waals surface area contributed by atoms with Gasteiger partial charge in [-0.2, -0.15) is 0 Å². The number of aromatic nitrogens is 2. The minimum absolute atomic E-state index is 0.0204. The molecule has 3 N–H and O–H groups in total. The maximum Gasteiger partial charge on any atom is 0.330 e. The van der Waals surface area contributed by atoms with Crippen LogP contribution >= 0.6 is 0 Å². The number of hydrogen-bond acceptors (Lipinski definition) is 7. The number of likely N-dealkylation sites (tertiary alicyclic amines) is 1. The van der Waals surface area contributed by atoms with Crippen molar-refractivity contribution in [2.75, 3.05) is 44.5 Å². The van der Waals surface area contributed by atoms with E-state index in [4.69, 9.17) is 15.2 Å². The number of benzene rings is 1. The number of amides is 2. The number of anilines is 2. The summed E-state index contributed by atoms with van der Waals surface area (Å²) in [6, 6.07) is 5.60. The second kappa shape index (κ2) is 12.7. The van der Waals surface area contributed by atoms with Crippen molar-refractivity contribution in [3.05, 3.63) is 44.6 Å². The van der Waals surface area contributed by atoms with E-state index in [1.807, 2.05) is 39.0 Å². The number of unbranched alkanes of at least 4 members (excludes halogenated alkanes) is 1. The van der Waals surface area contributed by atoms with Gasteiger partial charge < -0.3 is 25.0 Å². The third kappa shape index (κ3) is 6.38. The molecule has 0 saturated carbocycles. The minimum atomic E-state index is -0.705. The van der Waals surface area contributed by atoms with Gasteiger partial charge in [-0.3, -0.25) is 23.9 Å². The van der Waals surface area contributed by atoms with Crippen LogP contribution in [0.5, 0.6) is 11.5 Å². The zero-order valence-corrected chi connectivity index (χ0v) is 22.9. The number of hydrogen-bond donors (Lipinski definition) is 2. The smallest absolute Gasteiger partial charge is 0.330 e. The van der Waals surface area contributed by atoms with Crippen LogP contribution in [0.4, 0.5) is 11.5 Å². The van der Waals surface area contributed by atoms with Crippen LogP contribution in [0.25, 0.3) is 0 Å². The first-order valence-electron chi connectivity index (χ1n) is 13.0. The van der Waals surface area contributed by atoms with E-state index in [0.29, 0.717) is 37.4 Å². The molecule has 11 heteroatoms. The van der Waals surface area contributed by atoms with Gasteiger partial charge in [0.15, 0.2) is 17.2 Å². The van der Waals surface area contributed by atoms with E-state index in [0.717, 1.165) is 12.0 Å². The van der Waals surface area contributed by atoms with Crippen LogP contribution in [-0.2, 0) is 22.6 Å². The van der Waals surface area contributed by atoms with E-state index in [2.05, 4.69) is 4.98 Å². The van der Waals surface area contributed by atoms with Gasteiger partial charge in [0, 0.05) is 32.6 Å². The molecule has 11 nitrogen and oxygen atoms in total. The Balaban J connectivity index is 1.81. The van der Waals surface area contributed by atoms with Crippen LogP contribution in [0.15, 0.2) is 27.8 Å². The normalized spacial score (nSPS) is 15.3. The monoisotopic (exact) mass is 529 g/mol. The molecule has 2 amide bonds. The molecule has 2 heterocycles. The summed E-state index contributed by atoms with van der Waals surface area (Å²) in [7, 11) is 3.14. The summed E-state index contributed by atoms with van der Waals surface area (Å²) in [5.74, 6) is 0.129. The largest absolute Gasteiger partial charge is 0.493 e. The molecule has 208 valence electrons. The van der Waals surface area contributed by atoms with Gasteiger partial charge in [-0.1, -0.05) is 33.3 Å². The van der Waals surface area contributed by atoms with Crippen molar-refractivity contribution in [1.82, 2.24) is 14.5 Å². The van der Waals surface area contributed by atoms with Crippen LogP contribution in [0.1, 0.15) is 45.6 Å². The maximum absolute atomic E-state index is 13.7. The average Bonchev–Trinajstić information content (AvgIpc) is 3.25. The fourth-order valence-corrected chi connectivity index (χ4v) is 4.71. The van der Waals surface area contributed by atoms with Gasteiger partial charge in [0.2, 0.25) is 11.8 Å². The molecule has 2 aromatic rings. The molecule has 1 atom stereocenters. The summed E-state index contributed by atoms with van der Waals surface area (Å²) in [5, 5.41) is 0. The number of H-pyrrole nitrogens is 1. The molecule has 1 aliphatic rings. The second-order valence-corrected chi connectivity index (χ2v) is 10.0. The molecular weight excluding hydrogens is 490 g/mol. The molecule has 0 spiro atoms. The van der Waals surface area contributed by atoms with Crippen molar-refractivity contribution < 1.29 is 19.1 Å². The molecule has 1 fully saturated rings. The van der Waals surface area contributed by atoms with E-state index in [9.17, 15) is 19.2 Å². The fourth-order valence-electron chi connectivity index (χ4n) is 4.71. The van der Waals surface area contributed by atoms with E-state index in [-0.39, 0.29) is 48.7 Å². The molecule has 1 aliphatic heterocycles. The van der Waals surface area contributed by atoms with E-state index in [1.54, 1.807) is 19.1 Å². The van der Waals surface area contributed by atoms with Gasteiger partial charge in [0.25, 0.3) is 5.56 Å². The Hall–Kier alpha value is -3.76. The van der Waals surface area contributed by atoms with Gasteiger partial charge in [-0.05, 0) is 36.5 Å². The van der Waals surface area contributed by atoms with E-state index >= 15 is 0 Å². The van der Waals surface area contributed by atoms with Gasteiger partial charge in [0.05, 0.1) is 20.1 Å². The van der Waals surface area contributed by atoms with Crippen molar-refractivity contribution in [3.8, 4) is 11.5 Å². The summed E-state index contributed by atoms with van der Waals surface area (Å²) in [6.07, 6.45) is 2.16. The molecule has 0 radical (unpaired) electrons. The van der Waals surface area contributed by atoms with Gasteiger partial charge in [0.1, 0.15) is 5.82 Å². The van der Waals surface area contributed by atoms with Crippen molar-refractivity contribution in [1.29, 1.82) is 0 Å². The first-order chi connectivity index (χ1) is 18.1. The van der Waals surface area contributed by atoms with Crippen molar-refractivity contribution in [2.24, 2.45) is 11.8 Å². The number of rotatable bonds is 12. The highest BCUT2D eigenvalue weighted by molar-refractivity contribution is 6.00. The quantitative estimate of drug-likeness (QED) is 0.429. The van der Waals surface area contributed by atoms with Gasteiger partial charge in [-0.25, -0.2) is 4.79 Å². The van der Waals surface area contributed by atoms with Crippen LogP contribution < -0.4 is 31.4 Å². The average molecular weight is 530 g/mol. The zero-order chi connectivity index (χ0) is 28.0. The van der Waals surface area contributed by atoms with Crippen LogP contribution in [0.3, 0.4) is 0 Å². The second-order valence-electron chi connectivity index (χ2n) is 10.0. The molecule has 1 aromatic carbocycles. The number of methoxy groups -OCH3 is 2. The lowest BCUT2D eigenvalue weighted by atomic mass is 10.1. The van der Waals surface area contributed by atoms with Crippen LogP contribution in [0, 0.1) is 11.8 Å². The lowest BCUT2D eigenvalue weighted by molar-refractivity contribution is -0.128. The maximum atomic E-state index is 13.7. The van der Waals surface area contributed by atoms with Crippen LogP contribution in [-0.4, -0.2) is 60.1 Å². The zero-order valence-electron chi connectivity index (χ0n) is 22.9. The predicted octanol–water partition coefficient (Wildman–Crippen LogP) is 2.02. The number of carbonyl (C=O) groups is 2. The molecule has 0 bridgehead atoms. The highest BCUT2D eigenvalue weighted by atomic mass is 16.5. The first-order valence-corrected chi connectivity index (χ1v) is 13.0. The summed E-state index contributed by atoms with van der Waals surface area (Å²) < 4.78 is 11.9. The lowest BCUT2D eigenvalue weighted by Gasteiger charge is -2.28. The molecule has 38 heavy (non-hydrogen) atoms. The Labute approximate surface area is 222 Å². The SMILES string of the molecule is CCCCn1c(N)c(N(CC(C)C)C(=O)C2CC(=O)N(CCc3ccc(OC)c(OC)c3)C2)c(=O)[nH]c1=O. The number of aromatic amines is 1. The topological polar surface area (TPSA) is 140 Å². The number of nitrogen functional groups attached to an aromatic ring is 1. The van der Waals surface area contributed by atoms with E-state index < -0.39 is 17.2 Å². The predicted molar refractivity (Wildman–Crippen MR) is 146 cm³/mol. The Morgan fingerprint density at radius 3 is 2.50 bits per heavy atom. The molecule has 1 unspecified atom stereocenters. The molecule has 3 rings (SSSR count). The minimum Gasteiger partial charge on any atom is -0.493 e. The number of nitrogens with zero attached hydrogens (tertiary/aromatic N) is 3. The lowest BCUT2D eigenvalue weighted by Crippen LogP contribution is -2.45. The van der Waals surface area contributed by atoms with Crippen LogP contribution in [0.2, 0.25) is 0 Å². The third-order valence-corrected chi connectivity index (χ3v) is 6.72. The Morgan fingerprint density at radius 1 is 1.16 bits per heavy atom. The third-order valence-electron chi connectivity index (χ3n) is 6.72. The number of nitrogens with one attached hydrogen (secondary N) is 1. The Kier molecular flexibility index (Phi) is 9.60. The molecule has 1 aromatic heterocycles. The molecule has 0 aliphatic carbocycles. The standard InChI is InChI=1S/C27H39N5O6/c1-6-7-11-31-24(28)23(25(34)29-27(31)36)32(15-17(2)3)26(35)19-14-22(33)30(16-19)12-10-18-8-9-20(37-4)21(13-18)38-5/h8-9,13,17,19H,6-7,10-12,14-16,28H2,1-5H3,(H,29,34,36). The number of nitrogens with two attached hydrogens (primary N) is 1. The van der Waals surface area contributed by atoms with Gasteiger partial charge in [-0.15, -0.1) is 0 Å². The fraction of sp³-hybridized carbons (Fsp3) is 0.556. The molecular formula is C27H39N5O6. The summed E-state index contributed by atoms with van der Waals surface area (Å²) >= 11 is 0. The summed E-state index contributed by atoms with van der Waals surface area (Å²) in [5.41, 5.74) is 5.94. The highest BCUT2D eigenvalue weighted by Crippen LogP contribution is 2.29. The van der Waals surface area contributed by atoms with Crippen molar-refractivity contribution in [3.63, 3.8) is 0 Å². The van der Waals surface area contributed by atoms with E-state index in [1.165, 1.54) is 9.47 Å². The molecule has 1 saturated heterocycles. The highest BCUT2D eigenvalue weighted by Gasteiger charge is 2.38. The number of carbonyl (C=O) groups excluding carboxylic acids is 2. The Morgan fingerprint density at radius 2 is 1.87 bits per heavy atom.